The van der Waals surface area contributed by atoms with E-state index in [0.29, 0.717) is 6.54 Å². The molecule has 0 bridgehead atoms. The Morgan fingerprint density at radius 3 is 2.33 bits per heavy atom. The number of carboxylic acids is 1. The van der Waals surface area contributed by atoms with Crippen molar-refractivity contribution in [3.8, 4) is 0 Å². The molecule has 5 heteroatoms. The summed E-state index contributed by atoms with van der Waals surface area (Å²) in [4.78, 5) is 15.0. The van der Waals surface area contributed by atoms with Gasteiger partial charge in [-0.25, -0.2) is 0 Å². The van der Waals surface area contributed by atoms with Crippen LogP contribution in [-0.2, 0) is 4.79 Å². The highest BCUT2D eigenvalue weighted by molar-refractivity contribution is 5.66. The molecule has 0 saturated carbocycles. The molecule has 1 saturated heterocycles. The quantitative estimate of drug-likeness (QED) is 0.775. The van der Waals surface area contributed by atoms with E-state index in [2.05, 4.69) is 9.80 Å². The molecule has 0 unspecified atom stereocenters. The average molecular weight is 249 g/mol. The number of nitrogen functional groups attached to an aromatic ring is 1. The molecule has 1 aromatic rings. The molecule has 18 heavy (non-hydrogen) atoms. The molecule has 1 aromatic carbocycles. The van der Waals surface area contributed by atoms with Gasteiger partial charge in [0.05, 0.1) is 6.42 Å². The smallest absolute Gasteiger partial charge is 0.304 e. The third-order valence-corrected chi connectivity index (χ3v) is 3.27. The summed E-state index contributed by atoms with van der Waals surface area (Å²) in [6.07, 6.45) is 0.224. The number of piperazine rings is 1. The fourth-order valence-electron chi connectivity index (χ4n) is 2.17. The number of benzene rings is 1. The van der Waals surface area contributed by atoms with Gasteiger partial charge in [0.1, 0.15) is 0 Å². The molecule has 0 radical (unpaired) electrons. The maximum absolute atomic E-state index is 10.5. The van der Waals surface area contributed by atoms with Crippen LogP contribution < -0.4 is 10.6 Å². The summed E-state index contributed by atoms with van der Waals surface area (Å²) in [5, 5.41) is 8.65. The molecule has 0 aromatic heterocycles. The SMILES string of the molecule is Nc1ccc(N2CCN(CCC(=O)O)CC2)cc1. The summed E-state index contributed by atoms with van der Waals surface area (Å²) in [5.41, 5.74) is 7.62. The van der Waals surface area contributed by atoms with E-state index in [9.17, 15) is 4.79 Å². The van der Waals surface area contributed by atoms with Gasteiger partial charge in [0, 0.05) is 44.1 Å². The Hall–Kier alpha value is -1.75. The lowest BCUT2D eigenvalue weighted by atomic mass is 10.2. The Morgan fingerprint density at radius 1 is 1.17 bits per heavy atom. The molecule has 1 aliphatic heterocycles. The minimum atomic E-state index is -0.726. The van der Waals surface area contributed by atoms with Crippen molar-refractivity contribution < 1.29 is 9.90 Å². The highest BCUT2D eigenvalue weighted by Crippen LogP contribution is 2.18. The van der Waals surface area contributed by atoms with Crippen LogP contribution in [0.1, 0.15) is 6.42 Å². The Balaban J connectivity index is 1.83. The zero-order valence-electron chi connectivity index (χ0n) is 10.4. The molecule has 5 nitrogen and oxygen atoms in total. The van der Waals surface area contributed by atoms with Crippen LogP contribution in [0.3, 0.4) is 0 Å². The summed E-state index contributed by atoms with van der Waals surface area (Å²) in [6, 6.07) is 7.88. The first-order valence-electron chi connectivity index (χ1n) is 6.20. The summed E-state index contributed by atoms with van der Waals surface area (Å²) < 4.78 is 0. The molecular formula is C13H19N3O2. The van der Waals surface area contributed by atoms with E-state index in [-0.39, 0.29) is 6.42 Å². The van der Waals surface area contributed by atoms with Crippen molar-refractivity contribution in [3.05, 3.63) is 24.3 Å². The van der Waals surface area contributed by atoms with E-state index in [1.165, 1.54) is 5.69 Å². The lowest BCUT2D eigenvalue weighted by Crippen LogP contribution is -2.46. The van der Waals surface area contributed by atoms with Crippen molar-refractivity contribution in [1.82, 2.24) is 4.90 Å². The van der Waals surface area contributed by atoms with Gasteiger partial charge in [-0.3, -0.25) is 9.69 Å². The van der Waals surface area contributed by atoms with Crippen LogP contribution in [0.5, 0.6) is 0 Å². The number of hydrogen-bond acceptors (Lipinski definition) is 4. The maximum Gasteiger partial charge on any atom is 0.304 e. The van der Waals surface area contributed by atoms with Crippen LogP contribution in [0.4, 0.5) is 11.4 Å². The van der Waals surface area contributed by atoms with Gasteiger partial charge in [-0.05, 0) is 24.3 Å². The van der Waals surface area contributed by atoms with Gasteiger partial charge in [-0.15, -0.1) is 0 Å². The average Bonchev–Trinajstić information content (AvgIpc) is 2.38. The Bertz CT molecular complexity index is 397. The van der Waals surface area contributed by atoms with Gasteiger partial charge in [0.2, 0.25) is 0 Å². The summed E-state index contributed by atoms with van der Waals surface area (Å²) in [7, 11) is 0. The van der Waals surface area contributed by atoms with Crippen molar-refractivity contribution >= 4 is 17.3 Å². The minimum Gasteiger partial charge on any atom is -0.481 e. The number of rotatable bonds is 4. The third-order valence-electron chi connectivity index (χ3n) is 3.27. The lowest BCUT2D eigenvalue weighted by Gasteiger charge is -2.35. The summed E-state index contributed by atoms with van der Waals surface area (Å²) >= 11 is 0. The minimum absolute atomic E-state index is 0.224. The molecule has 0 aliphatic carbocycles. The monoisotopic (exact) mass is 249 g/mol. The Morgan fingerprint density at radius 2 is 1.78 bits per heavy atom. The first-order chi connectivity index (χ1) is 8.65. The molecular weight excluding hydrogens is 230 g/mol. The first kappa shape index (κ1) is 12.7. The maximum atomic E-state index is 10.5. The predicted octanol–water partition coefficient (Wildman–Crippen LogP) is 0.865. The number of anilines is 2. The van der Waals surface area contributed by atoms with Gasteiger partial charge >= 0.3 is 5.97 Å². The number of nitrogens with two attached hydrogens (primary N) is 1. The topological polar surface area (TPSA) is 69.8 Å². The second kappa shape index (κ2) is 5.73. The summed E-state index contributed by atoms with van der Waals surface area (Å²) in [6.45, 7) is 4.34. The highest BCUT2D eigenvalue weighted by Gasteiger charge is 2.17. The molecule has 2 rings (SSSR count). The van der Waals surface area contributed by atoms with Crippen molar-refractivity contribution in [3.63, 3.8) is 0 Å². The van der Waals surface area contributed by atoms with Crippen LogP contribution in [0.2, 0.25) is 0 Å². The van der Waals surface area contributed by atoms with Crippen molar-refractivity contribution in [2.75, 3.05) is 43.4 Å². The third kappa shape index (κ3) is 3.37. The molecule has 98 valence electrons. The van der Waals surface area contributed by atoms with Crippen LogP contribution in [-0.4, -0.2) is 48.7 Å². The normalized spacial score (nSPS) is 16.8. The largest absolute Gasteiger partial charge is 0.481 e. The van der Waals surface area contributed by atoms with Crippen LogP contribution in [0, 0.1) is 0 Å². The van der Waals surface area contributed by atoms with E-state index in [4.69, 9.17) is 10.8 Å². The molecule has 0 atom stereocenters. The van der Waals surface area contributed by atoms with Crippen LogP contribution in [0.25, 0.3) is 0 Å². The first-order valence-corrected chi connectivity index (χ1v) is 6.20. The Kier molecular flexibility index (Phi) is 4.04. The fraction of sp³-hybridized carbons (Fsp3) is 0.462. The van der Waals surface area contributed by atoms with Crippen molar-refractivity contribution in [2.45, 2.75) is 6.42 Å². The molecule has 1 fully saturated rings. The second-order valence-corrected chi connectivity index (χ2v) is 4.56. The molecule has 0 amide bonds. The molecule has 1 heterocycles. The molecule has 3 N–H and O–H groups in total. The lowest BCUT2D eigenvalue weighted by molar-refractivity contribution is -0.137. The second-order valence-electron chi connectivity index (χ2n) is 4.56. The number of hydrogen-bond donors (Lipinski definition) is 2. The highest BCUT2D eigenvalue weighted by atomic mass is 16.4. The van der Waals surface area contributed by atoms with E-state index >= 15 is 0 Å². The zero-order chi connectivity index (χ0) is 13.0. The number of carbonyl (C=O) groups is 1. The number of carboxylic acid groups (broad SMARTS) is 1. The Labute approximate surface area is 107 Å². The number of aliphatic carboxylic acids is 1. The van der Waals surface area contributed by atoms with Crippen molar-refractivity contribution in [1.29, 1.82) is 0 Å². The van der Waals surface area contributed by atoms with E-state index in [1.807, 2.05) is 24.3 Å². The van der Waals surface area contributed by atoms with Gasteiger partial charge in [0.25, 0.3) is 0 Å². The predicted molar refractivity (Wildman–Crippen MR) is 71.8 cm³/mol. The molecule has 1 aliphatic rings. The fourth-order valence-corrected chi connectivity index (χ4v) is 2.17. The van der Waals surface area contributed by atoms with Gasteiger partial charge < -0.3 is 15.7 Å². The standard InChI is InChI=1S/C13H19N3O2/c14-11-1-3-12(4-2-11)16-9-7-15(8-10-16)6-5-13(17)18/h1-4H,5-10,14H2,(H,17,18). The van der Waals surface area contributed by atoms with E-state index < -0.39 is 5.97 Å². The van der Waals surface area contributed by atoms with Gasteiger partial charge in [-0.1, -0.05) is 0 Å². The molecule has 0 spiro atoms. The van der Waals surface area contributed by atoms with E-state index in [1.54, 1.807) is 0 Å². The van der Waals surface area contributed by atoms with Crippen molar-refractivity contribution in [2.24, 2.45) is 0 Å². The van der Waals surface area contributed by atoms with Gasteiger partial charge in [0.15, 0.2) is 0 Å². The van der Waals surface area contributed by atoms with Gasteiger partial charge in [-0.2, -0.15) is 0 Å². The van der Waals surface area contributed by atoms with Crippen LogP contribution in [0.15, 0.2) is 24.3 Å². The summed E-state index contributed by atoms with van der Waals surface area (Å²) in [5.74, 6) is -0.726. The van der Waals surface area contributed by atoms with Crippen LogP contribution >= 0.6 is 0 Å². The van der Waals surface area contributed by atoms with E-state index in [0.717, 1.165) is 31.9 Å². The number of nitrogens with zero attached hydrogens (tertiary/aromatic N) is 2. The zero-order valence-corrected chi connectivity index (χ0v) is 10.4.